The molecule has 0 fully saturated rings. The number of hydrogen-bond acceptors (Lipinski definition) is 2. The van der Waals surface area contributed by atoms with E-state index in [1.165, 1.54) is 0 Å². The van der Waals surface area contributed by atoms with Crippen LogP contribution < -0.4 is 11.5 Å². The minimum atomic E-state index is -3.58. The zero-order valence-corrected chi connectivity index (χ0v) is 4.90. The highest BCUT2D eigenvalue weighted by atomic mass is 19.3. The normalized spacial score (nSPS) is 15.1. The molecule has 3 nitrogen and oxygen atoms in total. The van der Waals surface area contributed by atoms with E-state index in [9.17, 15) is 13.6 Å². The van der Waals surface area contributed by atoms with Crippen LogP contribution in [0.1, 0.15) is 6.92 Å². The van der Waals surface area contributed by atoms with Crippen LogP contribution >= 0.6 is 0 Å². The molecule has 0 aromatic rings. The lowest BCUT2D eigenvalue weighted by atomic mass is 10.2. The molecule has 0 spiro atoms. The molecule has 1 amide bonds. The van der Waals surface area contributed by atoms with E-state index in [1.807, 2.05) is 0 Å². The summed E-state index contributed by atoms with van der Waals surface area (Å²) in [7, 11) is 0. The van der Waals surface area contributed by atoms with E-state index >= 15 is 0 Å². The number of carbonyl (C=O) groups is 1. The molecule has 1 atom stereocenters. The van der Waals surface area contributed by atoms with Crippen LogP contribution in [0.15, 0.2) is 0 Å². The first-order valence-electron chi connectivity index (χ1n) is 2.32. The Kier molecular flexibility index (Phi) is 2.08. The van der Waals surface area contributed by atoms with Crippen molar-refractivity contribution in [3.63, 3.8) is 0 Å². The van der Waals surface area contributed by atoms with Crippen molar-refractivity contribution in [3.05, 3.63) is 0 Å². The highest BCUT2D eigenvalue weighted by molar-refractivity contribution is 5.82. The smallest absolute Gasteiger partial charge is 0.338 e. The molecule has 0 rings (SSSR count). The topological polar surface area (TPSA) is 69.1 Å². The Morgan fingerprint density at radius 3 is 2.00 bits per heavy atom. The number of rotatable bonds is 2. The highest BCUT2D eigenvalue weighted by Crippen LogP contribution is 2.14. The standard InChI is InChI=1S/C4H8F2N2O/c1-2(7)4(5,6)3(8)9/h2H,7H2,1H3,(H2,8,9). The van der Waals surface area contributed by atoms with Crippen LogP contribution in [-0.4, -0.2) is 17.9 Å². The summed E-state index contributed by atoms with van der Waals surface area (Å²) in [6.07, 6.45) is 0. The van der Waals surface area contributed by atoms with Gasteiger partial charge in [0.1, 0.15) is 0 Å². The molecule has 1 unspecified atom stereocenters. The van der Waals surface area contributed by atoms with Gasteiger partial charge >= 0.3 is 5.92 Å². The summed E-state index contributed by atoms with van der Waals surface area (Å²) in [6, 6.07) is -1.52. The van der Waals surface area contributed by atoms with Crippen molar-refractivity contribution in [2.24, 2.45) is 11.5 Å². The van der Waals surface area contributed by atoms with Gasteiger partial charge in [0.15, 0.2) is 0 Å². The molecule has 9 heavy (non-hydrogen) atoms. The van der Waals surface area contributed by atoms with Crippen LogP contribution in [-0.2, 0) is 4.79 Å². The summed E-state index contributed by atoms with van der Waals surface area (Å²) in [6.45, 7) is 1.02. The Balaban J connectivity index is 4.19. The minimum absolute atomic E-state index is 1.02. The molecule has 0 bridgehead atoms. The third-order valence-corrected chi connectivity index (χ3v) is 0.900. The third kappa shape index (κ3) is 1.60. The average Bonchev–Trinajstić information content (AvgIpc) is 1.65. The van der Waals surface area contributed by atoms with Crippen molar-refractivity contribution in [2.45, 2.75) is 18.9 Å². The van der Waals surface area contributed by atoms with Crippen molar-refractivity contribution in [1.29, 1.82) is 0 Å². The third-order valence-electron chi connectivity index (χ3n) is 0.900. The largest absolute Gasteiger partial charge is 0.364 e. The zero-order valence-electron chi connectivity index (χ0n) is 4.90. The van der Waals surface area contributed by atoms with Gasteiger partial charge in [0, 0.05) is 0 Å². The maximum absolute atomic E-state index is 12.1. The van der Waals surface area contributed by atoms with E-state index in [1.54, 1.807) is 0 Å². The van der Waals surface area contributed by atoms with E-state index in [4.69, 9.17) is 5.73 Å². The average molecular weight is 138 g/mol. The van der Waals surface area contributed by atoms with E-state index in [0.29, 0.717) is 0 Å². The van der Waals surface area contributed by atoms with Gasteiger partial charge in [0.2, 0.25) is 0 Å². The molecule has 0 aliphatic rings. The van der Waals surface area contributed by atoms with Crippen LogP contribution in [0.4, 0.5) is 8.78 Å². The Hall–Kier alpha value is -0.710. The summed E-state index contributed by atoms with van der Waals surface area (Å²) in [5.74, 6) is -5.27. The first kappa shape index (κ1) is 8.29. The van der Waals surface area contributed by atoms with Gasteiger partial charge < -0.3 is 11.5 Å². The SMILES string of the molecule is CC(N)C(F)(F)C(N)=O. The Morgan fingerprint density at radius 2 is 2.00 bits per heavy atom. The van der Waals surface area contributed by atoms with Gasteiger partial charge in [-0.3, -0.25) is 4.79 Å². The van der Waals surface area contributed by atoms with Gasteiger partial charge in [-0.1, -0.05) is 0 Å². The quantitative estimate of drug-likeness (QED) is 0.537. The number of alkyl halides is 2. The Bertz CT molecular complexity index is 124. The molecule has 0 aromatic carbocycles. The number of carbonyl (C=O) groups excluding carboxylic acids is 1. The predicted octanol–water partition coefficient (Wildman–Crippen LogP) is -0.546. The maximum Gasteiger partial charge on any atom is 0.338 e. The maximum atomic E-state index is 12.1. The first-order valence-corrected chi connectivity index (χ1v) is 2.32. The zero-order chi connectivity index (χ0) is 7.65. The molecule has 0 heterocycles. The van der Waals surface area contributed by atoms with E-state index in [-0.39, 0.29) is 0 Å². The molecule has 5 heteroatoms. The number of hydrogen-bond donors (Lipinski definition) is 2. The number of amides is 1. The van der Waals surface area contributed by atoms with E-state index in [0.717, 1.165) is 6.92 Å². The highest BCUT2D eigenvalue weighted by Gasteiger charge is 2.40. The molecule has 0 radical (unpaired) electrons. The van der Waals surface area contributed by atoms with Crippen LogP contribution in [0, 0.1) is 0 Å². The lowest BCUT2D eigenvalue weighted by Crippen LogP contribution is -2.48. The second-order valence-electron chi connectivity index (χ2n) is 1.78. The fraction of sp³-hybridized carbons (Fsp3) is 0.750. The number of halogens is 2. The summed E-state index contributed by atoms with van der Waals surface area (Å²) >= 11 is 0. The molecular formula is C4H8F2N2O. The summed E-state index contributed by atoms with van der Waals surface area (Å²) in [4.78, 5) is 9.85. The van der Waals surface area contributed by atoms with Crippen molar-refractivity contribution in [3.8, 4) is 0 Å². The molecule has 0 aliphatic carbocycles. The first-order chi connectivity index (χ1) is 3.89. The molecule has 4 N–H and O–H groups in total. The van der Waals surface area contributed by atoms with Crippen LogP contribution in [0.2, 0.25) is 0 Å². The number of primary amides is 1. The van der Waals surface area contributed by atoms with Gasteiger partial charge in [-0.15, -0.1) is 0 Å². The Labute approximate surface area is 51.0 Å². The number of nitrogens with two attached hydrogens (primary N) is 2. The Morgan fingerprint density at radius 1 is 1.67 bits per heavy atom. The summed E-state index contributed by atoms with van der Waals surface area (Å²) in [5, 5.41) is 0. The molecule has 0 saturated heterocycles. The van der Waals surface area contributed by atoms with E-state index < -0.39 is 17.9 Å². The van der Waals surface area contributed by atoms with Gasteiger partial charge in [-0.2, -0.15) is 8.78 Å². The fourth-order valence-electron chi connectivity index (χ4n) is 0.224. The molecule has 0 aromatic heterocycles. The second kappa shape index (κ2) is 2.26. The van der Waals surface area contributed by atoms with Gasteiger partial charge in [-0.25, -0.2) is 0 Å². The second-order valence-corrected chi connectivity index (χ2v) is 1.78. The minimum Gasteiger partial charge on any atom is -0.364 e. The molecule has 54 valence electrons. The molecule has 0 aliphatic heterocycles. The predicted molar refractivity (Wildman–Crippen MR) is 27.8 cm³/mol. The van der Waals surface area contributed by atoms with Gasteiger partial charge in [-0.05, 0) is 6.92 Å². The van der Waals surface area contributed by atoms with Crippen molar-refractivity contribution < 1.29 is 13.6 Å². The lowest BCUT2D eigenvalue weighted by Gasteiger charge is -2.14. The summed E-state index contributed by atoms with van der Waals surface area (Å²) in [5.41, 5.74) is 9.02. The van der Waals surface area contributed by atoms with Gasteiger partial charge in [0.05, 0.1) is 6.04 Å². The molecule has 0 saturated carbocycles. The van der Waals surface area contributed by atoms with Crippen LogP contribution in [0.3, 0.4) is 0 Å². The van der Waals surface area contributed by atoms with E-state index in [2.05, 4.69) is 5.73 Å². The van der Waals surface area contributed by atoms with Crippen molar-refractivity contribution >= 4 is 5.91 Å². The van der Waals surface area contributed by atoms with Crippen molar-refractivity contribution in [2.75, 3.05) is 0 Å². The fourth-order valence-corrected chi connectivity index (χ4v) is 0.224. The summed E-state index contributed by atoms with van der Waals surface area (Å²) < 4.78 is 24.1. The van der Waals surface area contributed by atoms with Crippen LogP contribution in [0.5, 0.6) is 0 Å². The lowest BCUT2D eigenvalue weighted by molar-refractivity contribution is -0.144. The van der Waals surface area contributed by atoms with Crippen LogP contribution in [0.25, 0.3) is 0 Å². The van der Waals surface area contributed by atoms with Gasteiger partial charge in [0.25, 0.3) is 5.91 Å². The van der Waals surface area contributed by atoms with Crippen molar-refractivity contribution in [1.82, 2.24) is 0 Å². The molecular weight excluding hydrogens is 130 g/mol. The monoisotopic (exact) mass is 138 g/mol.